The fourth-order valence-corrected chi connectivity index (χ4v) is 3.27. The minimum absolute atomic E-state index is 0.274. The highest BCUT2D eigenvalue weighted by Gasteiger charge is 2.41. The summed E-state index contributed by atoms with van der Waals surface area (Å²) in [5.41, 5.74) is -0.519. The van der Waals surface area contributed by atoms with Crippen LogP contribution in [0.1, 0.15) is 46.5 Å². The Balaban J connectivity index is 1.61. The molecule has 1 heterocycles. The van der Waals surface area contributed by atoms with Crippen molar-refractivity contribution in [3.63, 3.8) is 0 Å². The maximum absolute atomic E-state index is 11.9. The number of nitrogens with zero attached hydrogens (tertiary/aromatic N) is 2. The molecular formula is C15H22N2O3. The molecule has 0 N–H and O–H groups in total. The zero-order valence-corrected chi connectivity index (χ0v) is 12.3. The highest BCUT2D eigenvalue weighted by atomic mass is 16.6. The highest BCUT2D eigenvalue weighted by molar-refractivity contribution is 5.69. The molecule has 0 saturated heterocycles. The average Bonchev–Trinajstić information content (AvgIpc) is 3.01. The van der Waals surface area contributed by atoms with Crippen molar-refractivity contribution in [2.45, 2.75) is 58.2 Å². The van der Waals surface area contributed by atoms with E-state index < -0.39 is 11.7 Å². The summed E-state index contributed by atoms with van der Waals surface area (Å²) >= 11 is 0. The molecule has 0 aromatic carbocycles. The molecule has 20 heavy (non-hydrogen) atoms. The third-order valence-corrected chi connectivity index (χ3v) is 4.09. The Kier molecular flexibility index (Phi) is 3.22. The van der Waals surface area contributed by atoms with Crippen LogP contribution in [-0.2, 0) is 4.74 Å². The molecule has 0 aliphatic heterocycles. The molecule has 3 rings (SSSR count). The highest BCUT2D eigenvalue weighted by Crippen LogP contribution is 2.45. The van der Waals surface area contributed by atoms with Gasteiger partial charge in [0.2, 0.25) is 5.88 Å². The molecule has 2 saturated carbocycles. The number of hydrogen-bond acceptors (Lipinski definition) is 4. The third-order valence-electron chi connectivity index (χ3n) is 4.09. The summed E-state index contributed by atoms with van der Waals surface area (Å²) in [5, 5.41) is 4.16. The Morgan fingerprint density at radius 3 is 2.75 bits per heavy atom. The van der Waals surface area contributed by atoms with Gasteiger partial charge in [0, 0.05) is 12.3 Å². The van der Waals surface area contributed by atoms with Crippen LogP contribution in [0.2, 0.25) is 0 Å². The van der Waals surface area contributed by atoms with E-state index >= 15 is 0 Å². The van der Waals surface area contributed by atoms with Crippen LogP contribution >= 0.6 is 0 Å². The number of ether oxygens (including phenoxy) is 2. The molecule has 0 unspecified atom stereocenters. The molecule has 0 spiro atoms. The molecule has 5 heteroatoms. The molecule has 0 radical (unpaired) electrons. The Morgan fingerprint density at radius 2 is 2.15 bits per heavy atom. The van der Waals surface area contributed by atoms with Crippen LogP contribution in [0, 0.1) is 11.8 Å². The maximum Gasteiger partial charge on any atom is 0.435 e. The van der Waals surface area contributed by atoms with Crippen LogP contribution in [0.25, 0.3) is 0 Å². The van der Waals surface area contributed by atoms with E-state index in [4.69, 9.17) is 9.47 Å². The topological polar surface area (TPSA) is 53.4 Å². The summed E-state index contributed by atoms with van der Waals surface area (Å²) < 4.78 is 12.4. The first kappa shape index (κ1) is 13.5. The van der Waals surface area contributed by atoms with Gasteiger partial charge in [-0.15, -0.1) is 5.10 Å². The monoisotopic (exact) mass is 278 g/mol. The van der Waals surface area contributed by atoms with Crippen molar-refractivity contribution < 1.29 is 14.3 Å². The summed E-state index contributed by atoms with van der Waals surface area (Å²) in [6, 6.07) is 1.73. The average molecular weight is 278 g/mol. The summed E-state index contributed by atoms with van der Waals surface area (Å²) in [7, 11) is 0. The zero-order valence-electron chi connectivity index (χ0n) is 12.3. The number of hydrogen-bond donors (Lipinski definition) is 0. The Labute approximate surface area is 119 Å². The van der Waals surface area contributed by atoms with Crippen LogP contribution in [0.3, 0.4) is 0 Å². The van der Waals surface area contributed by atoms with E-state index in [1.165, 1.54) is 23.9 Å². The number of rotatable bonds is 2. The molecule has 0 amide bonds. The maximum atomic E-state index is 11.9. The molecule has 1 aromatic heterocycles. The van der Waals surface area contributed by atoms with Crippen LogP contribution in [0.5, 0.6) is 5.88 Å². The van der Waals surface area contributed by atoms with E-state index in [1.54, 1.807) is 12.3 Å². The fraction of sp³-hybridized carbons (Fsp3) is 0.733. The Morgan fingerprint density at radius 1 is 1.35 bits per heavy atom. The van der Waals surface area contributed by atoms with Gasteiger partial charge >= 0.3 is 6.09 Å². The first-order chi connectivity index (χ1) is 9.40. The lowest BCUT2D eigenvalue weighted by Gasteiger charge is -2.21. The fourth-order valence-electron chi connectivity index (χ4n) is 3.27. The molecule has 3 atom stereocenters. The quantitative estimate of drug-likeness (QED) is 0.833. The number of carbonyl (C=O) groups is 1. The Hall–Kier alpha value is -1.52. The normalized spacial score (nSPS) is 28.6. The lowest BCUT2D eigenvalue weighted by atomic mass is 9.98. The standard InChI is InChI=1S/C15H22N2O3/c1-15(2,3)20-14(18)17-7-6-13(16-17)19-12-9-10-4-5-11(12)8-10/h6-7,10-12H,4-5,8-9H2,1-3H3/t10-,11+,12-/m0/s1. The molecule has 1 aromatic rings. The first-order valence-corrected chi connectivity index (χ1v) is 7.36. The van der Waals surface area contributed by atoms with E-state index in [2.05, 4.69) is 5.10 Å². The Bertz CT molecular complexity index is 503. The molecule has 2 aliphatic carbocycles. The smallest absolute Gasteiger partial charge is 0.435 e. The van der Waals surface area contributed by atoms with E-state index in [0.29, 0.717) is 11.8 Å². The molecule has 2 bridgehead atoms. The van der Waals surface area contributed by atoms with Crippen molar-refractivity contribution >= 4 is 6.09 Å². The van der Waals surface area contributed by atoms with Crippen molar-refractivity contribution in [3.8, 4) is 5.88 Å². The molecule has 5 nitrogen and oxygen atoms in total. The van der Waals surface area contributed by atoms with Gasteiger partial charge in [0.05, 0.1) is 0 Å². The molecular weight excluding hydrogens is 256 g/mol. The predicted molar refractivity (Wildman–Crippen MR) is 73.7 cm³/mol. The largest absolute Gasteiger partial charge is 0.473 e. The van der Waals surface area contributed by atoms with E-state index in [-0.39, 0.29) is 6.10 Å². The summed E-state index contributed by atoms with van der Waals surface area (Å²) in [5.74, 6) is 2.03. The van der Waals surface area contributed by atoms with Crippen LogP contribution in [-0.4, -0.2) is 27.6 Å². The summed E-state index contributed by atoms with van der Waals surface area (Å²) in [6.45, 7) is 5.50. The number of carbonyl (C=O) groups excluding carboxylic acids is 1. The SMILES string of the molecule is CC(C)(C)OC(=O)n1ccc(O[C@H]2C[C@H]3CC[C@@H]2C3)n1. The molecule has 2 fully saturated rings. The summed E-state index contributed by atoms with van der Waals surface area (Å²) in [6.07, 6.45) is 6.42. The predicted octanol–water partition coefficient (Wildman–Crippen LogP) is 3.23. The van der Waals surface area contributed by atoms with Crippen molar-refractivity contribution in [3.05, 3.63) is 12.3 Å². The van der Waals surface area contributed by atoms with Crippen LogP contribution in [0.4, 0.5) is 4.79 Å². The number of aromatic nitrogens is 2. The number of fused-ring (bicyclic) bond motifs is 2. The van der Waals surface area contributed by atoms with Gasteiger partial charge in [0.1, 0.15) is 11.7 Å². The van der Waals surface area contributed by atoms with Crippen LogP contribution < -0.4 is 4.74 Å². The van der Waals surface area contributed by atoms with Gasteiger partial charge in [-0.1, -0.05) is 0 Å². The molecule has 2 aliphatic rings. The van der Waals surface area contributed by atoms with Crippen molar-refractivity contribution in [2.75, 3.05) is 0 Å². The van der Waals surface area contributed by atoms with E-state index in [9.17, 15) is 4.79 Å². The zero-order chi connectivity index (χ0) is 14.3. The van der Waals surface area contributed by atoms with Gasteiger partial charge in [0.25, 0.3) is 0 Å². The lowest BCUT2D eigenvalue weighted by Crippen LogP contribution is -2.27. The second-order valence-corrected chi connectivity index (χ2v) is 6.91. The van der Waals surface area contributed by atoms with Crippen molar-refractivity contribution in [1.82, 2.24) is 9.78 Å². The third kappa shape index (κ3) is 2.81. The van der Waals surface area contributed by atoms with Gasteiger partial charge in [0.15, 0.2) is 0 Å². The van der Waals surface area contributed by atoms with Crippen LogP contribution in [0.15, 0.2) is 12.3 Å². The second-order valence-electron chi connectivity index (χ2n) is 6.91. The van der Waals surface area contributed by atoms with Gasteiger partial charge in [-0.25, -0.2) is 4.79 Å². The van der Waals surface area contributed by atoms with Crippen molar-refractivity contribution in [2.24, 2.45) is 11.8 Å². The lowest BCUT2D eigenvalue weighted by molar-refractivity contribution is 0.0507. The van der Waals surface area contributed by atoms with Gasteiger partial charge in [-0.05, 0) is 58.3 Å². The summed E-state index contributed by atoms with van der Waals surface area (Å²) in [4.78, 5) is 11.9. The van der Waals surface area contributed by atoms with Gasteiger partial charge < -0.3 is 9.47 Å². The van der Waals surface area contributed by atoms with Gasteiger partial charge in [-0.2, -0.15) is 4.68 Å². The minimum Gasteiger partial charge on any atom is -0.473 e. The van der Waals surface area contributed by atoms with Gasteiger partial charge in [-0.3, -0.25) is 0 Å². The minimum atomic E-state index is -0.519. The van der Waals surface area contributed by atoms with E-state index in [1.807, 2.05) is 20.8 Å². The molecule has 110 valence electrons. The second kappa shape index (κ2) is 4.79. The first-order valence-electron chi connectivity index (χ1n) is 7.36. The van der Waals surface area contributed by atoms with Crippen molar-refractivity contribution in [1.29, 1.82) is 0 Å². The van der Waals surface area contributed by atoms with E-state index in [0.717, 1.165) is 12.3 Å².